The van der Waals surface area contributed by atoms with Gasteiger partial charge >= 0.3 is 23.9 Å². The highest BCUT2D eigenvalue weighted by Crippen LogP contribution is 2.22. The van der Waals surface area contributed by atoms with E-state index in [1.165, 1.54) is 42.5 Å². The van der Waals surface area contributed by atoms with Gasteiger partial charge in [0, 0.05) is 66.3 Å². The highest BCUT2D eigenvalue weighted by Gasteiger charge is 2.41. The summed E-state index contributed by atoms with van der Waals surface area (Å²) in [6, 6.07) is -4.20. The van der Waals surface area contributed by atoms with Crippen LogP contribution < -0.4 is 85.9 Å². The lowest BCUT2D eigenvalue weighted by molar-refractivity contribution is -0.156. The maximum Gasteiger partial charge on any atom is 0.329 e. The Bertz CT molecular complexity index is 4390. The van der Waals surface area contributed by atoms with Crippen LogP contribution in [0.2, 0.25) is 0 Å². The number of carbonyl (C=O) groups is 19. The van der Waals surface area contributed by atoms with Crippen LogP contribution in [0.15, 0.2) is 79.0 Å². The number of cyclic esters (lactones) is 1. The van der Waals surface area contributed by atoms with E-state index in [4.69, 9.17) is 16.2 Å². The summed E-state index contributed by atoms with van der Waals surface area (Å²) in [5.74, 6) is -27.8. The molecule has 0 unspecified atom stereocenters. The first-order valence-electron chi connectivity index (χ1n) is 39.5. The molecule has 0 spiro atoms. The van der Waals surface area contributed by atoms with Crippen molar-refractivity contribution in [2.75, 3.05) is 38.6 Å². The van der Waals surface area contributed by atoms with Gasteiger partial charge in [0.25, 0.3) is 0 Å². The molecule has 0 bridgehead atoms. The van der Waals surface area contributed by atoms with Crippen molar-refractivity contribution in [3.05, 3.63) is 102 Å². The van der Waals surface area contributed by atoms with E-state index >= 15 is 0 Å². The molecule has 0 saturated carbocycles. The Morgan fingerprint density at radius 3 is 1.78 bits per heavy atom. The fourth-order valence-electron chi connectivity index (χ4n) is 12.7. The number of aromatic nitrogens is 1. The van der Waals surface area contributed by atoms with E-state index in [1.54, 1.807) is 36.5 Å². The number of aliphatic hydroxyl groups excluding tert-OH is 2. The molecule has 14 amide bonds. The number of nitrogens with two attached hydrogens (primary N) is 2. The van der Waals surface area contributed by atoms with Gasteiger partial charge in [-0.05, 0) is 81.8 Å². The maximum atomic E-state index is 15.0. The van der Waals surface area contributed by atoms with Crippen LogP contribution in [0.25, 0.3) is 10.9 Å². The summed E-state index contributed by atoms with van der Waals surface area (Å²) >= 11 is 0. The third-order valence-corrected chi connectivity index (χ3v) is 19.3. The zero-order valence-electron chi connectivity index (χ0n) is 67.7. The fourth-order valence-corrected chi connectivity index (χ4v) is 12.7. The number of aliphatic carboxylic acids is 3. The summed E-state index contributed by atoms with van der Waals surface area (Å²) < 4.78 is 20.4. The Morgan fingerprint density at radius 1 is 0.566 bits per heavy atom. The second-order valence-corrected chi connectivity index (χ2v) is 29.1. The van der Waals surface area contributed by atoms with Gasteiger partial charge in [0.15, 0.2) is 5.78 Å². The zero-order chi connectivity index (χ0) is 90.3. The van der Waals surface area contributed by atoms with E-state index in [0.717, 1.165) is 52.9 Å². The highest BCUT2D eigenvalue weighted by molar-refractivity contribution is 6.05. The average Bonchev–Trinajstić information content (AvgIpc) is 1.23. The number of Topliss-reactive ketones (excluding diaryl/α,β-unsaturated/α-hetero) is 1. The second-order valence-electron chi connectivity index (χ2n) is 29.1. The smallest absolute Gasteiger partial charge is 0.329 e. The van der Waals surface area contributed by atoms with Gasteiger partial charge in [-0.2, -0.15) is 0 Å². The number of H-pyrrole nitrogens is 1. The summed E-state index contributed by atoms with van der Waals surface area (Å²) in [4.78, 5) is 266. The predicted octanol–water partition coefficient (Wildman–Crippen LogP) is -3.74. The van der Waals surface area contributed by atoms with Crippen LogP contribution in [0.4, 0.5) is 10.1 Å². The normalized spacial score (nSPS) is 20.7. The quantitative estimate of drug-likeness (QED) is 0.00887. The van der Waals surface area contributed by atoms with Gasteiger partial charge < -0.3 is 121 Å². The van der Waals surface area contributed by atoms with Crippen LogP contribution >= 0.6 is 0 Å². The van der Waals surface area contributed by atoms with Crippen molar-refractivity contribution >= 4 is 129 Å². The Hall–Kier alpha value is -13.1. The zero-order valence-corrected chi connectivity index (χ0v) is 67.7. The molecule has 2 heterocycles. The number of hydrogen-bond acceptors (Lipinski definition) is 24. The summed E-state index contributed by atoms with van der Waals surface area (Å²) in [7, 11) is 0. The molecule has 1 fully saturated rings. The topological polar surface area (TPSA) is 671 Å². The molecule has 1 aliphatic rings. The molecule has 24 N–H and O–H groups in total. The number of hydrogen-bond donors (Lipinski definition) is 22. The Labute approximate surface area is 699 Å². The molecule has 13 atom stereocenters. The fraction of sp³-hybridized carbons (Fsp3) is 0.506. The molecule has 1 aliphatic heterocycles. The van der Waals surface area contributed by atoms with E-state index in [9.17, 15) is 121 Å². The maximum absolute atomic E-state index is 15.0. The molecule has 42 nitrogen and oxygen atoms in total. The highest BCUT2D eigenvalue weighted by atomic mass is 19.1. The lowest BCUT2D eigenvalue weighted by Crippen LogP contribution is -2.61. The van der Waals surface area contributed by atoms with Gasteiger partial charge in [-0.1, -0.05) is 101 Å². The third-order valence-electron chi connectivity index (χ3n) is 19.3. The van der Waals surface area contributed by atoms with Crippen LogP contribution in [0.3, 0.4) is 0 Å². The SMILES string of the molecule is CCCCCCCCCC(=O)N[C@@H](Cc1c[nH]c2ccccc12)C(=O)N[C@@H](CC(N)=O)C(=O)N[C@@H](CCO)C(=O)N[C@@H]1C(=O)NCC(=O)N[C@@H](CCCNCc2ccccc2F)C(=O)N[C@@H](CC(=O)O)C(=O)N[C@H](C)C(=O)N[C@@H](CC(=O)O)C(=O)NCC(=O)N[C@H](CO)C(=O)N[C@@H]([C@H](C)CC(=O)O)C(=O)N[C@@H](CC(=O)c2ccccc2N)C(=O)O[C@@H]1C. The van der Waals surface area contributed by atoms with Crippen molar-refractivity contribution < 1.29 is 126 Å². The number of carboxylic acids is 3. The molecular formula is C79H108FN17O25. The summed E-state index contributed by atoms with van der Waals surface area (Å²) in [5, 5.41) is 83.0. The van der Waals surface area contributed by atoms with Gasteiger partial charge in [-0.15, -0.1) is 0 Å². The molecule has 4 aromatic rings. The number of anilines is 1. The van der Waals surface area contributed by atoms with Gasteiger partial charge in [0.05, 0.1) is 45.4 Å². The van der Waals surface area contributed by atoms with Crippen molar-refractivity contribution in [3.8, 4) is 0 Å². The molecular weight excluding hydrogens is 1610 g/mol. The molecule has 1 aromatic heterocycles. The van der Waals surface area contributed by atoms with E-state index in [-0.39, 0.29) is 49.2 Å². The van der Waals surface area contributed by atoms with E-state index < -0.39 is 268 Å². The van der Waals surface area contributed by atoms with Crippen molar-refractivity contribution in [2.45, 2.75) is 216 Å². The number of aromatic amines is 1. The number of aliphatic hydroxyl groups is 2. The standard InChI is InChI=1S/C79H108FN17O25/c1-5-6-7-8-9-10-11-26-61(102)89-53(31-45-37-84-50-24-17-14-20-46(45)50)74(116)93-54(33-60(82)101)75(117)91-52(27-29-98)72(114)97-68-43(4)122-79(121)57(32-59(100)47-21-13-16-23-49(47)81)95-78(120)67(41(2)30-64(105)106)96-76(118)58(40-99)90-63(104)38-85-70(112)55(34-65(107)108)92-69(111)42(3)87-73(115)56(35-66(109)110)94-71(113)51(88-62(103)39-86-77(68)119)25-18-28-83-36-44-19-12-15-22-48(44)80/h12-17,19-24,37,41-43,51-58,67-68,83-84,98-99H,5-11,18,25-36,38-40,81H2,1-4H3,(H2,82,101)(H,85,112)(H,86,119)(H,87,115)(H,88,103)(H,89,102)(H,90,104)(H,91,117)(H,92,111)(H,93,116)(H,94,113)(H,95,120)(H,96,118)(H,97,114)(H,105,106)(H,107,108)(H,109,110)/t41-,42-,43-,51+,52+,53+,54+,55+,56+,57+,58-,67+,68+/m1/s1. The first kappa shape index (κ1) is 99.5. The van der Waals surface area contributed by atoms with Crippen molar-refractivity contribution in [1.29, 1.82) is 0 Å². The number of nitrogen functional groups attached to an aromatic ring is 1. The van der Waals surface area contributed by atoms with Crippen LogP contribution in [0, 0.1) is 11.7 Å². The molecule has 666 valence electrons. The van der Waals surface area contributed by atoms with E-state index in [0.29, 0.717) is 29.3 Å². The molecule has 0 radical (unpaired) electrons. The molecule has 3 aromatic carbocycles. The van der Waals surface area contributed by atoms with Gasteiger partial charge in [0.1, 0.15) is 78.4 Å². The number of primary amides is 1. The summed E-state index contributed by atoms with van der Waals surface area (Å²) in [6.45, 7) is 0.345. The minimum Gasteiger partial charge on any atom is -0.481 e. The van der Waals surface area contributed by atoms with Gasteiger partial charge in [0.2, 0.25) is 82.7 Å². The number of unbranched alkanes of at least 4 members (excludes halogenated alkanes) is 6. The van der Waals surface area contributed by atoms with Crippen LogP contribution in [-0.4, -0.2) is 248 Å². The molecule has 0 aliphatic carbocycles. The molecule has 5 rings (SSSR count). The molecule has 1 saturated heterocycles. The number of carboxylic acid groups (broad SMARTS) is 3. The minimum atomic E-state index is -2.36. The number of ether oxygens (including phenoxy) is 1. The molecule has 122 heavy (non-hydrogen) atoms. The van der Waals surface area contributed by atoms with Crippen LogP contribution in [0.1, 0.15) is 152 Å². The number of halogens is 1. The number of nitrogens with one attached hydrogen (secondary N) is 15. The second kappa shape index (κ2) is 50.8. The number of rotatable bonds is 38. The largest absolute Gasteiger partial charge is 0.481 e. The lowest BCUT2D eigenvalue weighted by Gasteiger charge is -2.30. The number of fused-ring (bicyclic) bond motifs is 1. The number of carbonyl (C=O) groups excluding carboxylic acids is 16. The summed E-state index contributed by atoms with van der Waals surface area (Å²) in [5.41, 5.74) is 12.8. The predicted molar refractivity (Wildman–Crippen MR) is 429 cm³/mol. The van der Waals surface area contributed by atoms with Crippen LogP contribution in [0.5, 0.6) is 0 Å². The monoisotopic (exact) mass is 1710 g/mol. The summed E-state index contributed by atoms with van der Waals surface area (Å²) in [6.07, 6.45) is -1.38. The Kier molecular flexibility index (Phi) is 41.4. The number of ketones is 1. The number of amides is 14. The number of benzene rings is 3. The third kappa shape index (κ3) is 33.6. The average molecular weight is 1710 g/mol. The lowest BCUT2D eigenvalue weighted by atomic mass is 9.96. The minimum absolute atomic E-state index is 0.00576. The van der Waals surface area contributed by atoms with Crippen LogP contribution in [-0.2, 0) is 104 Å². The first-order chi connectivity index (χ1) is 57.9. The first-order valence-corrected chi connectivity index (χ1v) is 39.5. The van der Waals surface area contributed by atoms with Gasteiger partial charge in [-0.25, -0.2) is 9.18 Å². The van der Waals surface area contributed by atoms with E-state index in [1.807, 2.05) is 16.0 Å². The van der Waals surface area contributed by atoms with Gasteiger partial charge in [-0.3, -0.25) is 86.3 Å². The van der Waals surface area contributed by atoms with Crippen molar-refractivity contribution in [1.82, 2.24) is 79.4 Å². The van der Waals surface area contributed by atoms with Crippen molar-refractivity contribution in [3.63, 3.8) is 0 Å². The van der Waals surface area contributed by atoms with E-state index in [2.05, 4.69) is 70.4 Å². The Balaban J connectivity index is 1.61. The molecule has 43 heteroatoms. The Morgan fingerprint density at radius 2 is 1.14 bits per heavy atom. The number of para-hydroxylation sites is 2. The van der Waals surface area contributed by atoms with Crippen molar-refractivity contribution in [2.24, 2.45) is 11.7 Å². The number of esters is 1.